The Hall–Kier alpha value is -2.57. The van der Waals surface area contributed by atoms with Gasteiger partial charge in [0.25, 0.3) is 0 Å². The lowest BCUT2D eigenvalue weighted by Crippen LogP contribution is -2.41. The van der Waals surface area contributed by atoms with Crippen molar-refractivity contribution in [3.63, 3.8) is 0 Å². The Morgan fingerprint density at radius 2 is 1.92 bits per heavy atom. The molecule has 7 heteroatoms. The van der Waals surface area contributed by atoms with Gasteiger partial charge in [0.1, 0.15) is 5.82 Å². The second-order valence-electron chi connectivity index (χ2n) is 7.43. The molecular formula is C19H25N5O2. The zero-order chi connectivity index (χ0) is 18.3. The fraction of sp³-hybridized carbons (Fsp3) is 0.526. The highest BCUT2D eigenvalue weighted by molar-refractivity contribution is 5.89. The van der Waals surface area contributed by atoms with Gasteiger partial charge in [0.15, 0.2) is 0 Å². The van der Waals surface area contributed by atoms with Crippen molar-refractivity contribution in [1.29, 1.82) is 0 Å². The summed E-state index contributed by atoms with van der Waals surface area (Å²) in [5.41, 5.74) is 1.93. The summed E-state index contributed by atoms with van der Waals surface area (Å²) in [6.45, 7) is 3.36. The first kappa shape index (κ1) is 16.9. The minimum absolute atomic E-state index is 0.0119. The number of aryl methyl sites for hydroxylation is 2. The zero-order valence-corrected chi connectivity index (χ0v) is 15.3. The highest BCUT2D eigenvalue weighted by Gasteiger charge is 2.34. The van der Waals surface area contributed by atoms with Crippen molar-refractivity contribution in [3.05, 3.63) is 46.1 Å². The van der Waals surface area contributed by atoms with Crippen molar-refractivity contribution in [2.75, 3.05) is 18.4 Å². The van der Waals surface area contributed by atoms with E-state index in [1.165, 1.54) is 4.68 Å². The second-order valence-corrected chi connectivity index (χ2v) is 7.43. The van der Waals surface area contributed by atoms with Crippen LogP contribution >= 0.6 is 0 Å². The Kier molecular flexibility index (Phi) is 4.30. The van der Waals surface area contributed by atoms with E-state index in [1.54, 1.807) is 7.05 Å². The van der Waals surface area contributed by atoms with Crippen LogP contribution in [0.5, 0.6) is 0 Å². The van der Waals surface area contributed by atoms with Gasteiger partial charge in [-0.25, -0.2) is 14.3 Å². The molecule has 2 aromatic rings. The van der Waals surface area contributed by atoms with Crippen molar-refractivity contribution in [3.8, 4) is 0 Å². The molecule has 1 aliphatic heterocycles. The summed E-state index contributed by atoms with van der Waals surface area (Å²) in [5, 5.41) is 7.46. The van der Waals surface area contributed by atoms with Gasteiger partial charge in [-0.05, 0) is 50.3 Å². The molecule has 0 spiro atoms. The number of aromatic nitrogens is 3. The Morgan fingerprint density at radius 3 is 2.58 bits per heavy atom. The highest BCUT2D eigenvalue weighted by atomic mass is 16.2. The number of likely N-dealkylation sites (tertiary alicyclic amines) is 1. The molecule has 2 heterocycles. The van der Waals surface area contributed by atoms with E-state index in [4.69, 9.17) is 0 Å². The quantitative estimate of drug-likeness (QED) is 0.920. The van der Waals surface area contributed by atoms with Crippen LogP contribution in [0.1, 0.15) is 49.0 Å². The van der Waals surface area contributed by atoms with Gasteiger partial charge in [-0.15, -0.1) is 0 Å². The number of carbonyl (C=O) groups excluding carboxylic acids is 1. The maximum absolute atomic E-state index is 12.5. The van der Waals surface area contributed by atoms with Gasteiger partial charge >= 0.3 is 11.7 Å². The molecule has 0 unspecified atom stereocenters. The van der Waals surface area contributed by atoms with Gasteiger partial charge in [-0.1, -0.05) is 12.1 Å². The number of amides is 2. The summed E-state index contributed by atoms with van der Waals surface area (Å²) in [6, 6.07) is 8.08. The van der Waals surface area contributed by atoms with Crippen LogP contribution in [0, 0.1) is 6.92 Å². The molecule has 138 valence electrons. The summed E-state index contributed by atoms with van der Waals surface area (Å²) in [4.78, 5) is 26.7. The standard InChI is InChI=1S/C19H25N5O2/c1-13-4-3-5-15(12-13)20-18(25)23-10-8-14(9-11-23)17-21-22(2)19(26)24(17)16-6-7-16/h3-5,12,14,16H,6-11H2,1-2H3,(H,20,25). The zero-order valence-electron chi connectivity index (χ0n) is 15.3. The van der Waals surface area contributed by atoms with E-state index >= 15 is 0 Å². The van der Waals surface area contributed by atoms with Crippen molar-refractivity contribution >= 4 is 11.7 Å². The van der Waals surface area contributed by atoms with E-state index in [2.05, 4.69) is 10.4 Å². The van der Waals surface area contributed by atoms with E-state index < -0.39 is 0 Å². The summed E-state index contributed by atoms with van der Waals surface area (Å²) in [5.74, 6) is 1.14. The minimum Gasteiger partial charge on any atom is -0.324 e. The van der Waals surface area contributed by atoms with Crippen LogP contribution in [0.15, 0.2) is 29.1 Å². The first-order valence-corrected chi connectivity index (χ1v) is 9.31. The van der Waals surface area contributed by atoms with Gasteiger partial charge in [-0.3, -0.25) is 4.57 Å². The van der Waals surface area contributed by atoms with Gasteiger partial charge < -0.3 is 10.2 Å². The third kappa shape index (κ3) is 3.25. The molecule has 1 aromatic heterocycles. The summed E-state index contributed by atoms with van der Waals surface area (Å²) >= 11 is 0. The van der Waals surface area contributed by atoms with Crippen LogP contribution < -0.4 is 11.0 Å². The predicted octanol–water partition coefficient (Wildman–Crippen LogP) is 2.64. The van der Waals surface area contributed by atoms with E-state index in [9.17, 15) is 9.59 Å². The summed E-state index contributed by atoms with van der Waals surface area (Å²) in [6.07, 6.45) is 3.81. The maximum atomic E-state index is 12.5. The Labute approximate surface area is 152 Å². The van der Waals surface area contributed by atoms with Crippen molar-refractivity contribution < 1.29 is 4.79 Å². The fourth-order valence-electron chi connectivity index (χ4n) is 3.72. The molecule has 2 fully saturated rings. The predicted molar refractivity (Wildman–Crippen MR) is 99.5 cm³/mol. The number of benzene rings is 1. The van der Waals surface area contributed by atoms with Crippen LogP contribution in [0.4, 0.5) is 10.5 Å². The van der Waals surface area contributed by atoms with E-state index in [1.807, 2.05) is 40.7 Å². The fourth-order valence-corrected chi connectivity index (χ4v) is 3.72. The lowest BCUT2D eigenvalue weighted by Gasteiger charge is -2.31. The minimum atomic E-state index is -0.0605. The number of hydrogen-bond acceptors (Lipinski definition) is 3. The molecule has 1 saturated heterocycles. The second kappa shape index (κ2) is 6.63. The van der Waals surface area contributed by atoms with Gasteiger partial charge in [0, 0.05) is 37.8 Å². The Balaban J connectivity index is 1.41. The number of anilines is 1. The van der Waals surface area contributed by atoms with Crippen LogP contribution in [0.25, 0.3) is 0 Å². The van der Waals surface area contributed by atoms with Crippen LogP contribution in [-0.4, -0.2) is 38.4 Å². The normalized spacial score (nSPS) is 18.2. The van der Waals surface area contributed by atoms with E-state index in [-0.39, 0.29) is 17.6 Å². The molecule has 0 bridgehead atoms. The number of nitrogens with zero attached hydrogens (tertiary/aromatic N) is 4. The van der Waals surface area contributed by atoms with Gasteiger partial charge in [0.05, 0.1) is 0 Å². The third-order valence-electron chi connectivity index (χ3n) is 5.31. The molecule has 0 atom stereocenters. The molecule has 26 heavy (non-hydrogen) atoms. The number of nitrogens with one attached hydrogen (secondary N) is 1. The van der Waals surface area contributed by atoms with Crippen LogP contribution in [0.3, 0.4) is 0 Å². The molecule has 2 aliphatic rings. The summed E-state index contributed by atoms with van der Waals surface area (Å²) < 4.78 is 3.33. The Bertz CT molecular complexity index is 872. The smallest absolute Gasteiger partial charge is 0.324 e. The van der Waals surface area contributed by atoms with Crippen LogP contribution in [-0.2, 0) is 7.05 Å². The molecule has 1 saturated carbocycles. The van der Waals surface area contributed by atoms with Crippen molar-refractivity contribution in [2.24, 2.45) is 7.05 Å². The number of rotatable bonds is 3. The molecule has 2 amide bonds. The molecule has 4 rings (SSSR count). The van der Waals surface area contributed by atoms with E-state index in [0.717, 1.165) is 42.8 Å². The van der Waals surface area contributed by atoms with Gasteiger partial charge in [0.2, 0.25) is 0 Å². The SMILES string of the molecule is Cc1cccc(NC(=O)N2CCC(c3nn(C)c(=O)n3C3CC3)CC2)c1. The lowest BCUT2D eigenvalue weighted by atomic mass is 9.96. The van der Waals surface area contributed by atoms with Crippen molar-refractivity contribution in [1.82, 2.24) is 19.2 Å². The number of carbonyl (C=O) groups is 1. The molecule has 1 aliphatic carbocycles. The number of hydrogen-bond donors (Lipinski definition) is 1. The first-order valence-electron chi connectivity index (χ1n) is 9.31. The maximum Gasteiger partial charge on any atom is 0.345 e. The number of urea groups is 1. The molecule has 7 nitrogen and oxygen atoms in total. The van der Waals surface area contributed by atoms with Crippen molar-refractivity contribution in [2.45, 2.75) is 44.6 Å². The first-order chi connectivity index (χ1) is 12.5. The van der Waals surface area contributed by atoms with Gasteiger partial charge in [-0.2, -0.15) is 5.10 Å². The topological polar surface area (TPSA) is 72.2 Å². The third-order valence-corrected chi connectivity index (χ3v) is 5.31. The monoisotopic (exact) mass is 355 g/mol. The summed E-state index contributed by atoms with van der Waals surface area (Å²) in [7, 11) is 1.72. The number of piperidine rings is 1. The lowest BCUT2D eigenvalue weighted by molar-refractivity contribution is 0.192. The Morgan fingerprint density at radius 1 is 1.19 bits per heavy atom. The highest BCUT2D eigenvalue weighted by Crippen LogP contribution is 2.37. The molecule has 0 radical (unpaired) electrons. The molecule has 1 N–H and O–H groups in total. The van der Waals surface area contributed by atoms with Crippen LogP contribution in [0.2, 0.25) is 0 Å². The van der Waals surface area contributed by atoms with E-state index in [0.29, 0.717) is 19.1 Å². The average molecular weight is 355 g/mol. The average Bonchev–Trinajstić information content (AvgIpc) is 3.41. The largest absolute Gasteiger partial charge is 0.345 e. The molecular weight excluding hydrogens is 330 g/mol. The molecule has 1 aromatic carbocycles.